The summed E-state index contributed by atoms with van der Waals surface area (Å²) in [6.07, 6.45) is -0.00356. The van der Waals surface area contributed by atoms with Crippen LogP contribution in [0.3, 0.4) is 0 Å². The van der Waals surface area contributed by atoms with Crippen LogP contribution in [0.5, 0.6) is 5.75 Å². The highest BCUT2D eigenvalue weighted by Gasteiger charge is 2.27. The summed E-state index contributed by atoms with van der Waals surface area (Å²) in [6, 6.07) is 8.83. The molecule has 2 atom stereocenters. The van der Waals surface area contributed by atoms with Gasteiger partial charge in [-0.25, -0.2) is 13.2 Å². The van der Waals surface area contributed by atoms with Crippen molar-refractivity contribution in [1.82, 2.24) is 0 Å². The number of benzene rings is 2. The second-order valence-corrected chi connectivity index (χ2v) is 7.50. The maximum absolute atomic E-state index is 14.2. The highest BCUT2D eigenvalue weighted by atomic mass is 19.2. The number of methoxy groups -OCH3 is 1. The first-order valence-corrected chi connectivity index (χ1v) is 11.0. The Kier molecular flexibility index (Phi) is 15.5. The lowest BCUT2D eigenvalue weighted by Crippen LogP contribution is -2.33. The molecule has 6 nitrogen and oxygen atoms in total. The molecule has 2 unspecified atom stereocenters. The number of aliphatic hydroxyl groups excluding tert-OH is 1. The molecule has 1 fully saturated rings. The van der Waals surface area contributed by atoms with Gasteiger partial charge in [0.25, 0.3) is 0 Å². The van der Waals surface area contributed by atoms with Crippen molar-refractivity contribution in [2.45, 2.75) is 45.4 Å². The summed E-state index contributed by atoms with van der Waals surface area (Å²) in [5.74, 6) is -1.30. The lowest BCUT2D eigenvalue weighted by Gasteiger charge is -2.27. The van der Waals surface area contributed by atoms with E-state index in [1.807, 2.05) is 18.5 Å². The minimum Gasteiger partial charge on any atom is -0.495 e. The van der Waals surface area contributed by atoms with Crippen LogP contribution in [0, 0.1) is 11.6 Å². The van der Waals surface area contributed by atoms with E-state index < -0.39 is 23.9 Å². The molecule has 0 bridgehead atoms. The molecular weight excluding hydrogens is 461 g/mol. The summed E-state index contributed by atoms with van der Waals surface area (Å²) in [6.45, 7) is 12.9. The Morgan fingerprint density at radius 2 is 1.74 bits per heavy atom. The van der Waals surface area contributed by atoms with E-state index in [0.717, 1.165) is 12.1 Å². The molecule has 1 aliphatic rings. The number of alkyl halides is 1. The number of hydrogen-bond donors (Lipinski definition) is 2. The molecule has 1 saturated heterocycles. The molecule has 194 valence electrons. The molecule has 2 N–H and O–H groups in total. The van der Waals surface area contributed by atoms with Gasteiger partial charge in [0.05, 0.1) is 25.4 Å². The lowest BCUT2D eigenvalue weighted by molar-refractivity contribution is -0.0987. The molecule has 2 aromatic rings. The van der Waals surface area contributed by atoms with Gasteiger partial charge in [-0.2, -0.15) is 0 Å². The predicted molar refractivity (Wildman–Crippen MR) is 135 cm³/mol. The second kappa shape index (κ2) is 17.2. The van der Waals surface area contributed by atoms with Crippen molar-refractivity contribution in [1.29, 1.82) is 0 Å². The van der Waals surface area contributed by atoms with E-state index >= 15 is 0 Å². The first kappa shape index (κ1) is 31.7. The molecule has 9 heteroatoms. The number of aliphatic hydroxyl groups is 1. The Hall–Kier alpha value is -3.33. The molecule has 0 spiro atoms. The Morgan fingerprint density at radius 1 is 1.11 bits per heavy atom. The van der Waals surface area contributed by atoms with Gasteiger partial charge >= 0.3 is 0 Å². The zero-order chi connectivity index (χ0) is 27.0. The first-order valence-electron chi connectivity index (χ1n) is 11.0. The molecule has 0 radical (unpaired) electrons. The van der Waals surface area contributed by atoms with Gasteiger partial charge in [0.15, 0.2) is 11.6 Å². The third-order valence-electron chi connectivity index (χ3n) is 4.82. The highest BCUT2D eigenvalue weighted by molar-refractivity contribution is 5.78. The summed E-state index contributed by atoms with van der Waals surface area (Å²) < 4.78 is 46.1. The van der Waals surface area contributed by atoms with E-state index in [4.69, 9.17) is 14.3 Å². The van der Waals surface area contributed by atoms with Crippen LogP contribution in [0.4, 0.5) is 24.5 Å². The number of halogens is 3. The van der Waals surface area contributed by atoms with Crippen LogP contribution in [0.15, 0.2) is 43.0 Å². The summed E-state index contributed by atoms with van der Waals surface area (Å²) in [5.41, 5.74) is 2.22. The SMILES string of the molecule is C=C(Nc1ccc(F)c(F)c1)c1ccc(OC)c(N2CCCC(O)C(F)C2)c1.C=O.C=O.CCC. The van der Waals surface area contributed by atoms with Crippen molar-refractivity contribution in [2.24, 2.45) is 0 Å². The Bertz CT molecular complexity index is 912. The van der Waals surface area contributed by atoms with Crippen LogP contribution < -0.4 is 15.0 Å². The molecule has 0 saturated carbocycles. The van der Waals surface area contributed by atoms with Crippen molar-refractivity contribution >= 4 is 30.6 Å². The number of nitrogens with one attached hydrogen (secondary N) is 1. The van der Waals surface area contributed by atoms with Gasteiger partial charge in [0, 0.05) is 24.0 Å². The largest absolute Gasteiger partial charge is 0.495 e. The quantitative estimate of drug-likeness (QED) is 0.577. The minimum absolute atomic E-state index is 0.0596. The van der Waals surface area contributed by atoms with Gasteiger partial charge in [0.1, 0.15) is 25.5 Å². The van der Waals surface area contributed by atoms with E-state index in [-0.39, 0.29) is 6.54 Å². The van der Waals surface area contributed by atoms with Crippen molar-refractivity contribution in [2.75, 3.05) is 30.4 Å². The Morgan fingerprint density at radius 3 is 2.31 bits per heavy atom. The molecule has 0 aromatic heterocycles. The van der Waals surface area contributed by atoms with Crippen LogP contribution in [0.1, 0.15) is 38.7 Å². The van der Waals surface area contributed by atoms with Crippen LogP contribution in [0.25, 0.3) is 5.70 Å². The molecular formula is C26H35F3N2O4. The van der Waals surface area contributed by atoms with Crippen molar-refractivity contribution < 1.29 is 32.6 Å². The topological polar surface area (TPSA) is 78.9 Å². The summed E-state index contributed by atoms with van der Waals surface area (Å²) in [5, 5.41) is 12.7. The molecule has 2 aromatic carbocycles. The van der Waals surface area contributed by atoms with Crippen molar-refractivity contribution in [3.8, 4) is 5.75 Å². The Balaban J connectivity index is 0.00000150. The normalized spacial score (nSPS) is 16.6. The number of hydrogen-bond acceptors (Lipinski definition) is 6. The number of ether oxygens (including phenoxy) is 1. The van der Waals surface area contributed by atoms with Crippen LogP contribution >= 0.6 is 0 Å². The zero-order valence-corrected chi connectivity index (χ0v) is 20.5. The van der Waals surface area contributed by atoms with Gasteiger partial charge in [-0.1, -0.05) is 26.8 Å². The van der Waals surface area contributed by atoms with Crippen molar-refractivity contribution in [3.05, 3.63) is 60.2 Å². The van der Waals surface area contributed by atoms with Gasteiger partial charge in [-0.05, 0) is 48.7 Å². The van der Waals surface area contributed by atoms with Crippen LogP contribution in [-0.4, -0.2) is 51.2 Å². The second-order valence-electron chi connectivity index (χ2n) is 7.50. The summed E-state index contributed by atoms with van der Waals surface area (Å²) in [7, 11) is 1.53. The summed E-state index contributed by atoms with van der Waals surface area (Å²) in [4.78, 5) is 17.8. The highest BCUT2D eigenvalue weighted by Crippen LogP contribution is 2.33. The average molecular weight is 497 g/mol. The zero-order valence-electron chi connectivity index (χ0n) is 20.5. The number of carbonyl (C=O) groups is 2. The molecule has 0 amide bonds. The van der Waals surface area contributed by atoms with Crippen molar-refractivity contribution in [3.63, 3.8) is 0 Å². The fraction of sp³-hybridized carbons (Fsp3) is 0.385. The van der Waals surface area contributed by atoms with Gasteiger partial charge in [0.2, 0.25) is 0 Å². The molecule has 1 aliphatic heterocycles. The third kappa shape index (κ3) is 9.82. The lowest BCUT2D eigenvalue weighted by atomic mass is 10.1. The van der Waals surface area contributed by atoms with Crippen LogP contribution in [0.2, 0.25) is 0 Å². The van der Waals surface area contributed by atoms with E-state index in [9.17, 15) is 18.3 Å². The standard InChI is InChI=1S/C21H23F3N2O2.C3H8.2CH2O/c1-13(25-15-6-7-16(22)17(23)11-15)14-5-8-21(28-2)19(10-14)26-9-3-4-20(27)18(24)12-26;1-3-2;2*1-2/h5-8,10-11,18,20,25,27H,1,3-4,9,12H2,2H3;3H2,1-2H3;2*1H2. The first-order chi connectivity index (χ1) is 16.8. The number of rotatable bonds is 5. The van der Waals surface area contributed by atoms with Gasteiger partial charge < -0.3 is 29.6 Å². The fourth-order valence-corrected chi connectivity index (χ4v) is 3.26. The Labute approximate surface area is 205 Å². The van der Waals surface area contributed by atoms with Crippen LogP contribution in [-0.2, 0) is 9.59 Å². The summed E-state index contributed by atoms with van der Waals surface area (Å²) >= 11 is 0. The van der Waals surface area contributed by atoms with Gasteiger partial charge in [-0.3, -0.25) is 0 Å². The minimum atomic E-state index is -1.35. The van der Waals surface area contributed by atoms with E-state index in [1.165, 1.54) is 19.6 Å². The number of carbonyl (C=O) groups excluding carboxylic acids is 2. The molecule has 0 aliphatic carbocycles. The van der Waals surface area contributed by atoms with E-state index in [1.54, 1.807) is 18.2 Å². The van der Waals surface area contributed by atoms with E-state index in [2.05, 4.69) is 25.7 Å². The number of nitrogens with zero attached hydrogens (tertiary/aromatic N) is 1. The molecule has 35 heavy (non-hydrogen) atoms. The average Bonchev–Trinajstić information content (AvgIpc) is 3.04. The maximum Gasteiger partial charge on any atom is 0.160 e. The molecule has 3 rings (SSSR count). The molecule has 1 heterocycles. The van der Waals surface area contributed by atoms with E-state index in [0.29, 0.717) is 47.8 Å². The monoisotopic (exact) mass is 496 g/mol. The number of anilines is 2. The predicted octanol–water partition coefficient (Wildman–Crippen LogP) is 5.40. The van der Waals surface area contributed by atoms with Gasteiger partial charge in [-0.15, -0.1) is 0 Å². The smallest absolute Gasteiger partial charge is 0.160 e. The fourth-order valence-electron chi connectivity index (χ4n) is 3.26. The third-order valence-corrected chi connectivity index (χ3v) is 4.82. The maximum atomic E-state index is 14.2.